The second-order valence-corrected chi connectivity index (χ2v) is 8.17. The van der Waals surface area contributed by atoms with Gasteiger partial charge in [0.15, 0.2) is 17.4 Å². The Hall–Kier alpha value is -3.97. The lowest BCUT2D eigenvalue weighted by Gasteiger charge is -2.12. The van der Waals surface area contributed by atoms with Crippen molar-refractivity contribution in [3.05, 3.63) is 54.5 Å². The van der Waals surface area contributed by atoms with Gasteiger partial charge in [-0.2, -0.15) is 14.4 Å². The molecule has 2 aromatic carbocycles. The Kier molecular flexibility index (Phi) is 5.18. The maximum Gasteiger partial charge on any atom is 0.343 e. The molecule has 13 heteroatoms. The number of hydrogen-bond donors (Lipinski definition) is 1. The molecule has 166 valence electrons. The average molecular weight is 468 g/mol. The number of ether oxygens (including phenoxy) is 1. The SMILES string of the molecule is Cn1nnc2cc(Oc3ccc(Nc4ncnc5cnc([S+](C)[O-])nc45)c(F)c3F)ccc21. The van der Waals surface area contributed by atoms with Crippen molar-refractivity contribution in [1.29, 1.82) is 0 Å². The molecule has 1 unspecified atom stereocenters. The molecule has 10 nitrogen and oxygen atoms in total. The molecule has 5 rings (SSSR count). The highest BCUT2D eigenvalue weighted by Gasteiger charge is 2.19. The lowest BCUT2D eigenvalue weighted by atomic mass is 10.2. The van der Waals surface area contributed by atoms with Crippen molar-refractivity contribution in [2.24, 2.45) is 7.05 Å². The standard InChI is InChI=1S/C20H14F2N8O2S/c1-30-14-5-3-10(7-12(14)28-29-30)32-15-6-4-11(16(21)17(15)22)26-19-18-13(24-9-25-19)8-23-20(27-18)33(2)31/h3-9H,1-2H3,(H,24,25,26). The van der Waals surface area contributed by atoms with Gasteiger partial charge in [0.05, 0.1) is 17.4 Å². The highest BCUT2D eigenvalue weighted by atomic mass is 32.2. The van der Waals surface area contributed by atoms with E-state index in [0.717, 1.165) is 5.52 Å². The van der Waals surface area contributed by atoms with E-state index in [2.05, 4.69) is 35.6 Å². The molecular weight excluding hydrogens is 454 g/mol. The normalized spacial score (nSPS) is 12.3. The van der Waals surface area contributed by atoms with Crippen LogP contribution in [0.2, 0.25) is 0 Å². The van der Waals surface area contributed by atoms with Crippen LogP contribution in [0.15, 0.2) is 48.0 Å². The number of fused-ring (bicyclic) bond motifs is 2. The lowest BCUT2D eigenvalue weighted by Crippen LogP contribution is -2.07. The maximum atomic E-state index is 14.8. The van der Waals surface area contributed by atoms with Crippen LogP contribution in [0.3, 0.4) is 0 Å². The fraction of sp³-hybridized carbons (Fsp3) is 0.100. The number of hydrogen-bond acceptors (Lipinski definition) is 9. The molecule has 3 aromatic heterocycles. The molecule has 0 bridgehead atoms. The molecule has 5 aromatic rings. The largest absolute Gasteiger partial charge is 0.609 e. The molecular formula is C20H14F2N8O2S. The molecule has 0 aliphatic heterocycles. The Bertz CT molecular complexity index is 1510. The van der Waals surface area contributed by atoms with Gasteiger partial charge in [0.1, 0.15) is 34.9 Å². The summed E-state index contributed by atoms with van der Waals surface area (Å²) in [5.74, 6) is -2.29. The predicted octanol–water partition coefficient (Wildman–Crippen LogP) is 3.25. The number of nitrogens with zero attached hydrogens (tertiary/aromatic N) is 7. The molecule has 0 saturated heterocycles. The summed E-state index contributed by atoms with van der Waals surface area (Å²) in [5.41, 5.74) is 1.70. The summed E-state index contributed by atoms with van der Waals surface area (Å²) in [6, 6.07) is 7.49. The minimum atomic E-state index is -1.44. The van der Waals surface area contributed by atoms with Crippen LogP contribution in [0.5, 0.6) is 11.5 Å². The summed E-state index contributed by atoms with van der Waals surface area (Å²) in [6.07, 6.45) is 4.03. The number of aromatic nitrogens is 7. The molecule has 0 saturated carbocycles. The fourth-order valence-corrected chi connectivity index (χ4v) is 3.53. The molecule has 0 fully saturated rings. The summed E-state index contributed by atoms with van der Waals surface area (Å²) in [6.45, 7) is 0. The molecule has 33 heavy (non-hydrogen) atoms. The van der Waals surface area contributed by atoms with Gasteiger partial charge in [-0.05, 0) is 24.3 Å². The van der Waals surface area contributed by atoms with Crippen LogP contribution in [0.25, 0.3) is 22.1 Å². The van der Waals surface area contributed by atoms with E-state index in [4.69, 9.17) is 4.74 Å². The van der Waals surface area contributed by atoms with E-state index in [0.29, 0.717) is 11.0 Å². The Morgan fingerprint density at radius 3 is 2.73 bits per heavy atom. The highest BCUT2D eigenvalue weighted by Crippen LogP contribution is 2.32. The number of rotatable bonds is 5. The first-order valence-electron chi connectivity index (χ1n) is 9.44. The lowest BCUT2D eigenvalue weighted by molar-refractivity contribution is 0.417. The van der Waals surface area contributed by atoms with Crippen molar-refractivity contribution < 1.29 is 18.1 Å². The van der Waals surface area contributed by atoms with E-state index in [9.17, 15) is 13.3 Å². The topological polar surface area (TPSA) is 127 Å². The molecule has 1 N–H and O–H groups in total. The molecule has 0 amide bonds. The minimum Gasteiger partial charge on any atom is -0.609 e. The quantitative estimate of drug-likeness (QED) is 0.305. The monoisotopic (exact) mass is 468 g/mol. The zero-order valence-corrected chi connectivity index (χ0v) is 18.0. The van der Waals surface area contributed by atoms with Gasteiger partial charge in [0, 0.05) is 24.3 Å². The van der Waals surface area contributed by atoms with Crippen LogP contribution < -0.4 is 10.1 Å². The molecule has 0 radical (unpaired) electrons. The van der Waals surface area contributed by atoms with Crippen molar-refractivity contribution in [2.45, 2.75) is 5.16 Å². The van der Waals surface area contributed by atoms with Crippen LogP contribution in [0, 0.1) is 11.6 Å². The highest BCUT2D eigenvalue weighted by molar-refractivity contribution is 7.90. The third-order valence-corrected chi connectivity index (χ3v) is 5.43. The Labute approximate surface area is 187 Å². The van der Waals surface area contributed by atoms with Crippen LogP contribution in [-0.4, -0.2) is 45.7 Å². The van der Waals surface area contributed by atoms with Gasteiger partial charge in [-0.15, -0.1) is 5.10 Å². The Balaban J connectivity index is 1.46. The van der Waals surface area contributed by atoms with E-state index < -0.39 is 22.8 Å². The van der Waals surface area contributed by atoms with Gasteiger partial charge in [0.2, 0.25) is 5.82 Å². The molecule has 0 spiro atoms. The summed E-state index contributed by atoms with van der Waals surface area (Å²) in [4.78, 5) is 16.2. The predicted molar refractivity (Wildman–Crippen MR) is 116 cm³/mol. The van der Waals surface area contributed by atoms with Crippen LogP contribution in [0.4, 0.5) is 20.3 Å². The zero-order chi connectivity index (χ0) is 23.1. The van der Waals surface area contributed by atoms with Crippen LogP contribution in [-0.2, 0) is 18.2 Å². The van der Waals surface area contributed by atoms with Crippen molar-refractivity contribution in [3.63, 3.8) is 0 Å². The maximum absolute atomic E-state index is 14.8. The van der Waals surface area contributed by atoms with E-state index in [-0.39, 0.29) is 33.7 Å². The molecule has 3 heterocycles. The van der Waals surface area contributed by atoms with Gasteiger partial charge in [-0.25, -0.2) is 19.0 Å². The average Bonchev–Trinajstić information content (AvgIpc) is 3.18. The molecule has 1 atom stereocenters. The van der Waals surface area contributed by atoms with E-state index in [1.165, 1.54) is 30.9 Å². The second-order valence-electron chi connectivity index (χ2n) is 6.89. The van der Waals surface area contributed by atoms with Crippen molar-refractivity contribution in [3.8, 4) is 11.5 Å². The second kappa shape index (κ2) is 8.18. The Morgan fingerprint density at radius 1 is 1.06 bits per heavy atom. The number of aryl methyl sites for hydroxylation is 1. The third kappa shape index (κ3) is 3.87. The number of nitrogens with one attached hydrogen (secondary N) is 1. The van der Waals surface area contributed by atoms with E-state index in [1.807, 2.05) is 0 Å². The van der Waals surface area contributed by atoms with Gasteiger partial charge >= 0.3 is 5.16 Å². The summed E-state index contributed by atoms with van der Waals surface area (Å²) >= 11 is -1.44. The fourth-order valence-electron chi connectivity index (χ4n) is 3.11. The van der Waals surface area contributed by atoms with Gasteiger partial charge in [-0.3, -0.25) is 0 Å². The third-order valence-electron chi connectivity index (χ3n) is 4.72. The Morgan fingerprint density at radius 2 is 1.91 bits per heavy atom. The van der Waals surface area contributed by atoms with Crippen LogP contribution in [0.1, 0.15) is 0 Å². The minimum absolute atomic E-state index is 0.0656. The number of benzene rings is 2. The molecule has 0 aliphatic rings. The van der Waals surface area contributed by atoms with Gasteiger partial charge in [-0.1, -0.05) is 5.21 Å². The summed E-state index contributed by atoms with van der Waals surface area (Å²) < 4.78 is 48.5. The first kappa shape index (κ1) is 20.9. The number of halogens is 2. The van der Waals surface area contributed by atoms with Crippen molar-refractivity contribution >= 4 is 44.7 Å². The zero-order valence-electron chi connectivity index (χ0n) is 17.2. The summed E-state index contributed by atoms with van der Waals surface area (Å²) in [5, 5.41) is 10.6. The number of anilines is 2. The first-order chi connectivity index (χ1) is 15.9. The molecule has 0 aliphatic carbocycles. The van der Waals surface area contributed by atoms with Gasteiger partial charge < -0.3 is 14.6 Å². The van der Waals surface area contributed by atoms with Gasteiger partial charge in [0.25, 0.3) is 0 Å². The van der Waals surface area contributed by atoms with E-state index >= 15 is 0 Å². The first-order valence-corrected chi connectivity index (χ1v) is 11.0. The van der Waals surface area contributed by atoms with Crippen molar-refractivity contribution in [2.75, 3.05) is 11.6 Å². The summed E-state index contributed by atoms with van der Waals surface area (Å²) in [7, 11) is 1.74. The smallest absolute Gasteiger partial charge is 0.343 e. The van der Waals surface area contributed by atoms with E-state index in [1.54, 1.807) is 29.9 Å². The van der Waals surface area contributed by atoms with Crippen LogP contribution >= 0.6 is 0 Å². The van der Waals surface area contributed by atoms with Crippen molar-refractivity contribution in [1.82, 2.24) is 34.9 Å².